The molecule has 36 heavy (non-hydrogen) atoms. The molecule has 4 rings (SSSR count). The van der Waals surface area contributed by atoms with E-state index in [1.165, 1.54) is 66.8 Å². The fraction of sp³-hybridized carbons (Fsp3) is 0.294. The van der Waals surface area contributed by atoms with Gasteiger partial charge in [0.2, 0.25) is 0 Å². The Labute approximate surface area is 216 Å². The van der Waals surface area contributed by atoms with Gasteiger partial charge in [-0.15, -0.1) is 0 Å². The summed E-state index contributed by atoms with van der Waals surface area (Å²) >= 11 is 0. The van der Waals surface area contributed by atoms with Gasteiger partial charge in [0, 0.05) is 0 Å². The molecule has 0 aliphatic rings. The zero-order chi connectivity index (χ0) is 26.3. The Morgan fingerprint density at radius 1 is 0.333 bits per heavy atom. The highest BCUT2D eigenvalue weighted by molar-refractivity contribution is 5.83. The smallest absolute Gasteiger partial charge is 0.133 e. The van der Waals surface area contributed by atoms with Crippen LogP contribution in [0.5, 0.6) is 23.0 Å². The van der Waals surface area contributed by atoms with Crippen molar-refractivity contribution in [2.24, 2.45) is 0 Å². The molecule has 2 heteroatoms. The van der Waals surface area contributed by atoms with Crippen LogP contribution in [0.2, 0.25) is 0 Å². The molecular formula is C34H38O2. The lowest BCUT2D eigenvalue weighted by Crippen LogP contribution is -2.05. The van der Waals surface area contributed by atoms with Gasteiger partial charge in [0.15, 0.2) is 0 Å². The van der Waals surface area contributed by atoms with Crippen LogP contribution in [0.3, 0.4) is 0 Å². The molecule has 0 radical (unpaired) electrons. The summed E-state index contributed by atoms with van der Waals surface area (Å²) in [4.78, 5) is 0. The van der Waals surface area contributed by atoms with Gasteiger partial charge in [-0.1, -0.05) is 35.4 Å². The second-order valence-electron chi connectivity index (χ2n) is 10.2. The number of hydrogen-bond donors (Lipinski definition) is 0. The zero-order valence-electron chi connectivity index (χ0n) is 23.4. The molecule has 0 unspecified atom stereocenters. The Morgan fingerprint density at radius 2 is 0.583 bits per heavy atom. The molecule has 4 aromatic rings. The molecule has 0 saturated heterocycles. The fourth-order valence-electron chi connectivity index (χ4n) is 5.06. The Kier molecular flexibility index (Phi) is 7.00. The highest BCUT2D eigenvalue weighted by atomic mass is 16.5. The third kappa shape index (κ3) is 4.53. The largest absolute Gasteiger partial charge is 0.457 e. The van der Waals surface area contributed by atoms with Crippen molar-refractivity contribution in [1.82, 2.24) is 0 Å². The van der Waals surface area contributed by atoms with Gasteiger partial charge in [-0.25, -0.2) is 0 Å². The van der Waals surface area contributed by atoms with Gasteiger partial charge in [0.25, 0.3) is 0 Å². The Hall–Kier alpha value is -3.52. The minimum absolute atomic E-state index is 0.870. The van der Waals surface area contributed by atoms with E-state index in [9.17, 15) is 0 Å². The Morgan fingerprint density at radius 3 is 0.833 bits per heavy atom. The monoisotopic (exact) mass is 478 g/mol. The van der Waals surface area contributed by atoms with Crippen molar-refractivity contribution in [1.29, 1.82) is 0 Å². The first kappa shape index (κ1) is 25.6. The molecule has 0 saturated carbocycles. The quantitative estimate of drug-likeness (QED) is 0.284. The summed E-state index contributed by atoms with van der Waals surface area (Å²) in [5.74, 6) is 3.66. The van der Waals surface area contributed by atoms with Gasteiger partial charge in [-0.2, -0.15) is 0 Å². The number of aryl methyl sites for hydroxylation is 2. The van der Waals surface area contributed by atoms with Crippen LogP contribution >= 0.6 is 0 Å². The number of rotatable bonds is 5. The third-order valence-corrected chi connectivity index (χ3v) is 7.84. The number of hydrogen-bond acceptors (Lipinski definition) is 2. The zero-order valence-corrected chi connectivity index (χ0v) is 23.4. The average Bonchev–Trinajstić information content (AvgIpc) is 2.86. The highest BCUT2D eigenvalue weighted by Gasteiger charge is 2.24. The molecule has 0 heterocycles. The molecule has 0 aliphatic heterocycles. The van der Waals surface area contributed by atoms with Gasteiger partial charge in [0.05, 0.1) is 0 Å². The highest BCUT2D eigenvalue weighted by Crippen LogP contribution is 2.46. The van der Waals surface area contributed by atoms with E-state index >= 15 is 0 Å². The normalized spacial score (nSPS) is 11.1. The first-order valence-electron chi connectivity index (χ1n) is 12.7. The van der Waals surface area contributed by atoms with E-state index < -0.39 is 0 Å². The Bertz CT molecular complexity index is 1270. The van der Waals surface area contributed by atoms with Crippen molar-refractivity contribution in [2.45, 2.75) is 69.2 Å². The topological polar surface area (TPSA) is 18.5 Å². The number of benzene rings is 4. The first-order chi connectivity index (χ1) is 17.0. The van der Waals surface area contributed by atoms with E-state index in [-0.39, 0.29) is 0 Å². The van der Waals surface area contributed by atoms with Crippen molar-refractivity contribution in [3.8, 4) is 34.1 Å². The van der Waals surface area contributed by atoms with Crippen molar-refractivity contribution >= 4 is 0 Å². The minimum atomic E-state index is 0.870. The third-order valence-electron chi connectivity index (χ3n) is 7.84. The van der Waals surface area contributed by atoms with Gasteiger partial charge in [-0.05, 0) is 149 Å². The van der Waals surface area contributed by atoms with Gasteiger partial charge < -0.3 is 9.47 Å². The number of ether oxygens (including phenoxy) is 2. The molecule has 0 aromatic heterocycles. The summed E-state index contributed by atoms with van der Waals surface area (Å²) < 4.78 is 12.9. The molecule has 0 spiro atoms. The van der Waals surface area contributed by atoms with Crippen LogP contribution in [-0.2, 0) is 0 Å². The van der Waals surface area contributed by atoms with E-state index in [4.69, 9.17) is 9.47 Å². The molecule has 4 aromatic carbocycles. The molecule has 0 bridgehead atoms. The van der Waals surface area contributed by atoms with Crippen LogP contribution in [-0.4, -0.2) is 0 Å². The van der Waals surface area contributed by atoms with E-state index in [0.29, 0.717) is 0 Å². The lowest BCUT2D eigenvalue weighted by molar-refractivity contribution is 0.473. The van der Waals surface area contributed by atoms with E-state index in [2.05, 4.69) is 93.5 Å². The summed E-state index contributed by atoms with van der Waals surface area (Å²) in [5.41, 5.74) is 14.9. The van der Waals surface area contributed by atoms with Crippen LogP contribution in [0.4, 0.5) is 0 Å². The summed E-state index contributed by atoms with van der Waals surface area (Å²) in [7, 11) is 0. The molecule has 0 amide bonds. The van der Waals surface area contributed by atoms with Crippen LogP contribution < -0.4 is 9.47 Å². The van der Waals surface area contributed by atoms with Crippen LogP contribution in [0.1, 0.15) is 55.6 Å². The Balaban J connectivity index is 1.85. The van der Waals surface area contributed by atoms with E-state index in [0.717, 1.165) is 23.0 Å². The lowest BCUT2D eigenvalue weighted by Gasteiger charge is -2.26. The van der Waals surface area contributed by atoms with Crippen LogP contribution in [0.25, 0.3) is 11.1 Å². The maximum Gasteiger partial charge on any atom is 0.133 e. The average molecular weight is 479 g/mol. The van der Waals surface area contributed by atoms with Crippen LogP contribution in [0, 0.1) is 69.2 Å². The van der Waals surface area contributed by atoms with Crippen molar-refractivity contribution < 1.29 is 9.47 Å². The van der Waals surface area contributed by atoms with Crippen molar-refractivity contribution in [3.63, 3.8) is 0 Å². The van der Waals surface area contributed by atoms with Crippen molar-refractivity contribution in [3.05, 3.63) is 104 Å². The molecule has 186 valence electrons. The summed E-state index contributed by atoms with van der Waals surface area (Å²) in [6, 6.07) is 16.5. The van der Waals surface area contributed by atoms with Crippen LogP contribution in [0.15, 0.2) is 48.5 Å². The molecule has 2 nitrogen and oxygen atoms in total. The molecule has 0 N–H and O–H groups in total. The summed E-state index contributed by atoms with van der Waals surface area (Å²) in [6.45, 7) is 21.8. The molecule has 0 atom stereocenters. The van der Waals surface area contributed by atoms with E-state index in [1.807, 2.05) is 24.3 Å². The standard InChI is InChI=1S/C34H38O2/c1-19-11-15-29(16-12-19)35-33-25(7)21(3)31(22(4)26(33)8)32-23(5)27(9)34(28(10)24(32)6)36-30-17-13-20(2)14-18-30/h11-18H,1-10H3. The fourth-order valence-corrected chi connectivity index (χ4v) is 5.06. The maximum atomic E-state index is 6.43. The van der Waals surface area contributed by atoms with E-state index in [1.54, 1.807) is 0 Å². The van der Waals surface area contributed by atoms with Gasteiger partial charge >= 0.3 is 0 Å². The molecular weight excluding hydrogens is 440 g/mol. The SMILES string of the molecule is Cc1ccc(Oc2c(C)c(C)c(-c3c(C)c(C)c(Oc4ccc(C)cc4)c(C)c3C)c(C)c2C)cc1. The predicted octanol–water partition coefficient (Wildman–Crippen LogP) is 10.0. The second kappa shape index (κ2) is 9.85. The van der Waals surface area contributed by atoms with Crippen molar-refractivity contribution in [2.75, 3.05) is 0 Å². The first-order valence-corrected chi connectivity index (χ1v) is 12.7. The van der Waals surface area contributed by atoms with Gasteiger partial charge in [-0.3, -0.25) is 0 Å². The molecule has 0 fully saturated rings. The minimum Gasteiger partial charge on any atom is -0.457 e. The van der Waals surface area contributed by atoms with Gasteiger partial charge in [0.1, 0.15) is 23.0 Å². The second-order valence-corrected chi connectivity index (χ2v) is 10.2. The molecule has 0 aliphatic carbocycles. The summed E-state index contributed by atoms with van der Waals surface area (Å²) in [6.07, 6.45) is 0. The maximum absolute atomic E-state index is 6.43. The summed E-state index contributed by atoms with van der Waals surface area (Å²) in [5, 5.41) is 0. The lowest BCUT2D eigenvalue weighted by atomic mass is 9.82. The predicted molar refractivity (Wildman–Crippen MR) is 152 cm³/mol.